The highest BCUT2D eigenvalue weighted by molar-refractivity contribution is 5.23. The van der Waals surface area contributed by atoms with Gasteiger partial charge in [-0.3, -0.25) is 0 Å². The van der Waals surface area contributed by atoms with E-state index >= 15 is 0 Å². The highest BCUT2D eigenvalue weighted by Crippen LogP contribution is 2.40. The molecule has 2 atom stereocenters. The molecule has 124 valence electrons. The van der Waals surface area contributed by atoms with Crippen LogP contribution in [0.1, 0.15) is 58.4 Å². The Labute approximate surface area is 131 Å². The molecule has 1 heterocycles. The van der Waals surface area contributed by atoms with Crippen LogP contribution in [0.4, 0.5) is 13.2 Å². The van der Waals surface area contributed by atoms with Crippen LogP contribution < -0.4 is 0 Å². The highest BCUT2D eigenvalue weighted by Gasteiger charge is 2.31. The first kappa shape index (κ1) is 15.9. The summed E-state index contributed by atoms with van der Waals surface area (Å²) < 4.78 is 45.7. The maximum atomic E-state index is 13.4. The van der Waals surface area contributed by atoms with Gasteiger partial charge in [0.05, 0.1) is 6.10 Å². The number of halogens is 3. The molecular weight excluding hydrogens is 289 g/mol. The lowest BCUT2D eigenvalue weighted by Gasteiger charge is -2.37. The summed E-state index contributed by atoms with van der Waals surface area (Å²) in [6, 6.07) is 2.31. The van der Waals surface area contributed by atoms with Gasteiger partial charge in [-0.05, 0) is 74.0 Å². The number of benzene rings is 1. The maximum absolute atomic E-state index is 13.4. The fourth-order valence-corrected chi connectivity index (χ4v) is 3.91. The molecule has 1 aromatic carbocycles. The van der Waals surface area contributed by atoms with Crippen LogP contribution >= 0.6 is 0 Å². The third-order valence-corrected chi connectivity index (χ3v) is 5.31. The Kier molecular flexibility index (Phi) is 4.76. The van der Waals surface area contributed by atoms with E-state index in [1.165, 1.54) is 6.42 Å². The van der Waals surface area contributed by atoms with E-state index in [0.29, 0.717) is 23.5 Å². The molecule has 0 N–H and O–H groups in total. The van der Waals surface area contributed by atoms with Gasteiger partial charge in [-0.2, -0.15) is 0 Å². The topological polar surface area (TPSA) is 9.23 Å². The van der Waals surface area contributed by atoms with Crippen molar-refractivity contribution in [2.75, 3.05) is 6.61 Å². The van der Waals surface area contributed by atoms with Gasteiger partial charge in [0.15, 0.2) is 17.5 Å². The molecule has 0 bridgehead atoms. The maximum Gasteiger partial charge on any atom is 0.194 e. The monoisotopic (exact) mass is 314 g/mol. The van der Waals surface area contributed by atoms with Gasteiger partial charge >= 0.3 is 0 Å². The smallest absolute Gasteiger partial charge is 0.194 e. The van der Waals surface area contributed by atoms with Crippen molar-refractivity contribution in [1.82, 2.24) is 0 Å². The summed E-state index contributed by atoms with van der Waals surface area (Å²) in [5, 5.41) is 0. The zero-order chi connectivity index (χ0) is 15.7. The van der Waals surface area contributed by atoms with Gasteiger partial charge < -0.3 is 4.74 Å². The molecule has 0 radical (unpaired) electrons. The number of rotatable bonds is 2. The van der Waals surface area contributed by atoms with Crippen molar-refractivity contribution in [3.63, 3.8) is 0 Å². The molecule has 2 aliphatic rings. The first-order chi connectivity index (χ1) is 10.5. The Morgan fingerprint density at radius 2 is 1.59 bits per heavy atom. The molecule has 1 saturated carbocycles. The minimum atomic E-state index is -1.37. The van der Waals surface area contributed by atoms with Crippen LogP contribution in [0, 0.1) is 29.3 Å². The van der Waals surface area contributed by atoms with Crippen molar-refractivity contribution < 1.29 is 19.3 Å². The Bertz CT molecular complexity index is 498. The quantitative estimate of drug-likeness (QED) is 0.661. The van der Waals surface area contributed by atoms with E-state index < -0.39 is 17.5 Å². The van der Waals surface area contributed by atoms with Crippen molar-refractivity contribution >= 4 is 0 Å². The second-order valence-electron chi connectivity index (χ2n) is 6.96. The average Bonchev–Trinajstić information content (AvgIpc) is 2.53. The fraction of sp³-hybridized carbons (Fsp3) is 0.667. The molecule has 2 unspecified atom stereocenters. The van der Waals surface area contributed by atoms with Crippen molar-refractivity contribution in [1.29, 1.82) is 0 Å². The van der Waals surface area contributed by atoms with Crippen LogP contribution in [0.3, 0.4) is 0 Å². The van der Waals surface area contributed by atoms with Crippen LogP contribution in [-0.4, -0.2) is 12.7 Å². The second kappa shape index (κ2) is 6.61. The van der Waals surface area contributed by atoms with Gasteiger partial charge in [0, 0.05) is 8.03 Å². The molecule has 1 aliphatic carbocycles. The molecule has 0 spiro atoms. The summed E-state index contributed by atoms with van der Waals surface area (Å²) >= 11 is 0. The lowest BCUT2D eigenvalue weighted by molar-refractivity contribution is -0.0524. The van der Waals surface area contributed by atoms with E-state index in [4.69, 9.17) is 4.74 Å². The van der Waals surface area contributed by atoms with Crippen LogP contribution in [0.25, 0.3) is 0 Å². The molecule has 4 heteroatoms. The molecule has 1 saturated heterocycles. The molecule has 1 aliphatic heterocycles. The normalized spacial score (nSPS) is 32.9. The summed E-state index contributed by atoms with van der Waals surface area (Å²) in [6.07, 6.45) is 6.51. The van der Waals surface area contributed by atoms with Gasteiger partial charge in [0.2, 0.25) is 0 Å². The zero-order valence-electron chi connectivity index (χ0n) is 13.0. The molecule has 0 amide bonds. The lowest BCUT2D eigenvalue weighted by Crippen LogP contribution is -2.33. The summed E-state index contributed by atoms with van der Waals surface area (Å²) in [4.78, 5) is 0. The van der Waals surface area contributed by atoms with Crippen molar-refractivity contribution in [3.05, 3.63) is 35.1 Å². The molecular formula is C18H25F3O. The van der Waals surface area contributed by atoms with Crippen molar-refractivity contribution in [2.45, 2.75) is 57.5 Å². The summed E-state index contributed by atoms with van der Waals surface area (Å²) in [6.45, 7) is 3.06. The van der Waals surface area contributed by atoms with Gasteiger partial charge in [0.1, 0.15) is 0 Å². The predicted molar refractivity (Wildman–Crippen MR) is 81.3 cm³/mol. The van der Waals surface area contributed by atoms with E-state index in [2.05, 4.69) is 6.92 Å². The van der Waals surface area contributed by atoms with Crippen molar-refractivity contribution in [2.24, 2.45) is 11.8 Å². The largest absolute Gasteiger partial charge is 0.378 e. The van der Waals surface area contributed by atoms with E-state index in [-0.39, 0.29) is 7.34 Å². The van der Waals surface area contributed by atoms with Crippen LogP contribution in [0.5, 0.6) is 0 Å². The van der Waals surface area contributed by atoms with E-state index in [9.17, 15) is 13.2 Å². The van der Waals surface area contributed by atoms with Gasteiger partial charge in [0.25, 0.3) is 0 Å². The van der Waals surface area contributed by atoms with E-state index in [0.717, 1.165) is 50.8 Å². The molecule has 0 aromatic heterocycles. The Balaban J connectivity index is 0.00000192. The molecule has 3 rings (SSSR count). The molecule has 1 aromatic rings. The number of hydrogen-bond acceptors (Lipinski definition) is 1. The highest BCUT2D eigenvalue weighted by atomic mass is 19.2. The molecule has 2 fully saturated rings. The first-order valence-electron chi connectivity index (χ1n) is 8.30. The number of ether oxygens (including phenoxy) is 1. The van der Waals surface area contributed by atoms with Crippen molar-refractivity contribution in [3.8, 4) is 0 Å². The zero-order valence-corrected chi connectivity index (χ0v) is 13.0. The fourth-order valence-electron chi connectivity index (χ4n) is 3.91. The average molecular weight is 314 g/mol. The number of hydrogen-bond donors (Lipinski definition) is 0. The predicted octanol–water partition coefficient (Wildman–Crippen LogP) is 5.44. The molecule has 1 nitrogen and oxygen atoms in total. The Hall–Kier alpha value is -1.03. The summed E-state index contributed by atoms with van der Waals surface area (Å²) in [5.41, 5.74) is 0.591. The minimum Gasteiger partial charge on any atom is -0.378 e. The van der Waals surface area contributed by atoms with E-state index in [1.54, 1.807) is 0 Å². The first-order valence-corrected chi connectivity index (χ1v) is 8.30. The lowest BCUT2D eigenvalue weighted by atomic mass is 9.75. The van der Waals surface area contributed by atoms with Gasteiger partial charge in [-0.15, -0.1) is 0 Å². The van der Waals surface area contributed by atoms with Gasteiger partial charge in [-0.1, -0.05) is 6.92 Å². The minimum absolute atomic E-state index is 0. The Morgan fingerprint density at radius 3 is 2.14 bits per heavy atom. The summed E-state index contributed by atoms with van der Waals surface area (Å²) in [5.74, 6) is -2.20. The van der Waals surface area contributed by atoms with E-state index in [1.807, 2.05) is 0 Å². The third-order valence-electron chi connectivity index (χ3n) is 5.31. The molecule has 22 heavy (non-hydrogen) atoms. The van der Waals surface area contributed by atoms with Gasteiger partial charge in [-0.25, -0.2) is 13.2 Å². The van der Waals surface area contributed by atoms with Crippen LogP contribution in [0.2, 0.25) is 0 Å². The second-order valence-corrected chi connectivity index (χ2v) is 6.96. The van der Waals surface area contributed by atoms with Crippen LogP contribution in [0.15, 0.2) is 12.1 Å². The Morgan fingerprint density at radius 1 is 0.955 bits per heavy atom. The third kappa shape index (κ3) is 3.32. The summed E-state index contributed by atoms with van der Waals surface area (Å²) in [7, 11) is 0. The SMILES string of the molecule is CC1CCC(C2CCC(c3cc(F)c(F)c(F)c3)CC2)OC1.[HH]. The van der Waals surface area contributed by atoms with Crippen LogP contribution in [-0.2, 0) is 4.74 Å². The standard InChI is InChI=1S/C18H23F3O.H2/c1-11-2-7-17(22-10-11)13-5-3-12(4-6-13)14-8-15(19)18(21)16(20)9-14;/h8-9,11-13,17H,2-7,10H2,1H3;1H.